The van der Waals surface area contributed by atoms with Gasteiger partial charge in [0, 0.05) is 19.1 Å². The van der Waals surface area contributed by atoms with Gasteiger partial charge in [-0.25, -0.2) is 0 Å². The Bertz CT molecular complexity index is 614. The lowest BCUT2D eigenvalue weighted by Crippen LogP contribution is -2.24. The first-order chi connectivity index (χ1) is 10.2. The summed E-state index contributed by atoms with van der Waals surface area (Å²) in [6.45, 7) is 3.98. The molecule has 0 aromatic heterocycles. The van der Waals surface area contributed by atoms with Gasteiger partial charge in [-0.2, -0.15) is 0 Å². The molecule has 2 aromatic carbocycles. The lowest BCUT2D eigenvalue weighted by molar-refractivity contribution is 0.644. The summed E-state index contributed by atoms with van der Waals surface area (Å²) in [5.41, 5.74) is 11.3. The first-order valence-electron chi connectivity index (χ1n) is 7.53. The van der Waals surface area contributed by atoms with Gasteiger partial charge >= 0.3 is 0 Å². The SMILES string of the molecule is CCC(N)Cc1cccc(Cl)c1N1Cc2ccccc2C1. The van der Waals surface area contributed by atoms with Crippen molar-refractivity contribution in [3.05, 3.63) is 64.2 Å². The van der Waals surface area contributed by atoms with Crippen LogP contribution in [0.1, 0.15) is 30.0 Å². The molecule has 0 fully saturated rings. The highest BCUT2D eigenvalue weighted by atomic mass is 35.5. The van der Waals surface area contributed by atoms with Crippen molar-refractivity contribution in [2.45, 2.75) is 38.9 Å². The fourth-order valence-electron chi connectivity index (χ4n) is 3.00. The minimum Gasteiger partial charge on any atom is -0.361 e. The van der Waals surface area contributed by atoms with Crippen LogP contribution in [0, 0.1) is 0 Å². The average molecular weight is 301 g/mol. The van der Waals surface area contributed by atoms with E-state index in [2.05, 4.69) is 42.2 Å². The number of hydrogen-bond acceptors (Lipinski definition) is 2. The van der Waals surface area contributed by atoms with Gasteiger partial charge in [-0.15, -0.1) is 0 Å². The van der Waals surface area contributed by atoms with Crippen molar-refractivity contribution in [2.75, 3.05) is 4.90 Å². The molecule has 1 heterocycles. The van der Waals surface area contributed by atoms with E-state index in [4.69, 9.17) is 17.3 Å². The Labute approximate surface area is 131 Å². The maximum atomic E-state index is 6.50. The van der Waals surface area contributed by atoms with E-state index >= 15 is 0 Å². The van der Waals surface area contributed by atoms with Gasteiger partial charge in [0.2, 0.25) is 0 Å². The Morgan fingerprint density at radius 2 is 1.76 bits per heavy atom. The van der Waals surface area contributed by atoms with Crippen LogP contribution < -0.4 is 10.6 Å². The Balaban J connectivity index is 1.92. The zero-order valence-electron chi connectivity index (χ0n) is 12.3. The van der Waals surface area contributed by atoms with Crippen LogP contribution in [-0.4, -0.2) is 6.04 Å². The number of fused-ring (bicyclic) bond motifs is 1. The monoisotopic (exact) mass is 300 g/mol. The predicted molar refractivity (Wildman–Crippen MR) is 89.8 cm³/mol. The summed E-state index contributed by atoms with van der Waals surface area (Å²) in [6, 6.07) is 14.9. The number of anilines is 1. The Morgan fingerprint density at radius 3 is 2.38 bits per heavy atom. The molecule has 1 unspecified atom stereocenters. The van der Waals surface area contributed by atoms with Crippen LogP contribution in [0.15, 0.2) is 42.5 Å². The molecule has 0 amide bonds. The van der Waals surface area contributed by atoms with Crippen molar-refractivity contribution in [1.82, 2.24) is 0 Å². The molecule has 0 radical (unpaired) electrons. The minimum atomic E-state index is 0.187. The fourth-order valence-corrected chi connectivity index (χ4v) is 3.31. The van der Waals surface area contributed by atoms with Crippen molar-refractivity contribution in [3.63, 3.8) is 0 Å². The van der Waals surface area contributed by atoms with Crippen LogP contribution >= 0.6 is 11.6 Å². The molecule has 0 aliphatic carbocycles. The first kappa shape index (κ1) is 14.4. The molecule has 0 saturated heterocycles. The molecule has 2 aromatic rings. The Kier molecular flexibility index (Phi) is 4.18. The second-order valence-electron chi connectivity index (χ2n) is 5.74. The van der Waals surface area contributed by atoms with E-state index in [1.54, 1.807) is 0 Å². The topological polar surface area (TPSA) is 29.3 Å². The third-order valence-corrected chi connectivity index (χ3v) is 4.54. The molecule has 1 aliphatic rings. The molecule has 3 rings (SSSR count). The van der Waals surface area contributed by atoms with Gasteiger partial charge in [-0.05, 0) is 35.6 Å². The number of nitrogens with two attached hydrogens (primary N) is 1. The van der Waals surface area contributed by atoms with Crippen LogP contribution in [0.2, 0.25) is 5.02 Å². The van der Waals surface area contributed by atoms with E-state index in [-0.39, 0.29) is 6.04 Å². The van der Waals surface area contributed by atoms with E-state index in [9.17, 15) is 0 Å². The molecule has 0 spiro atoms. The third-order valence-electron chi connectivity index (χ3n) is 4.23. The summed E-state index contributed by atoms with van der Waals surface area (Å²) in [5, 5.41) is 0.823. The Hall–Kier alpha value is -1.51. The van der Waals surface area contributed by atoms with Crippen molar-refractivity contribution in [3.8, 4) is 0 Å². The first-order valence-corrected chi connectivity index (χ1v) is 7.91. The number of halogens is 1. The van der Waals surface area contributed by atoms with E-state index in [1.807, 2.05) is 12.1 Å². The molecule has 0 saturated carbocycles. The summed E-state index contributed by atoms with van der Waals surface area (Å²) in [5.74, 6) is 0. The summed E-state index contributed by atoms with van der Waals surface area (Å²) in [7, 11) is 0. The zero-order valence-corrected chi connectivity index (χ0v) is 13.1. The summed E-state index contributed by atoms with van der Waals surface area (Å²) in [4.78, 5) is 2.37. The smallest absolute Gasteiger partial charge is 0.0642 e. The normalized spacial score (nSPS) is 15.1. The quantitative estimate of drug-likeness (QED) is 0.919. The van der Waals surface area contributed by atoms with Gasteiger partial charge in [0.05, 0.1) is 10.7 Å². The lowest BCUT2D eigenvalue weighted by atomic mass is 10.0. The molecule has 0 bridgehead atoms. The van der Waals surface area contributed by atoms with Crippen molar-refractivity contribution in [2.24, 2.45) is 5.73 Å². The Morgan fingerprint density at radius 1 is 1.10 bits per heavy atom. The predicted octanol–water partition coefficient (Wildman–Crippen LogP) is 4.14. The van der Waals surface area contributed by atoms with Gasteiger partial charge < -0.3 is 10.6 Å². The van der Waals surface area contributed by atoms with E-state index in [1.165, 1.54) is 16.7 Å². The third kappa shape index (κ3) is 2.92. The highest BCUT2D eigenvalue weighted by Gasteiger charge is 2.23. The second-order valence-corrected chi connectivity index (χ2v) is 6.15. The maximum absolute atomic E-state index is 6.50. The number of benzene rings is 2. The summed E-state index contributed by atoms with van der Waals surface area (Å²) < 4.78 is 0. The van der Waals surface area contributed by atoms with Crippen molar-refractivity contribution < 1.29 is 0 Å². The van der Waals surface area contributed by atoms with Crippen LogP contribution in [0.3, 0.4) is 0 Å². The molecule has 21 heavy (non-hydrogen) atoms. The minimum absolute atomic E-state index is 0.187. The van der Waals surface area contributed by atoms with Crippen molar-refractivity contribution >= 4 is 17.3 Å². The van der Waals surface area contributed by atoms with E-state index in [0.29, 0.717) is 0 Å². The summed E-state index contributed by atoms with van der Waals surface area (Å²) >= 11 is 6.50. The van der Waals surface area contributed by atoms with Crippen LogP contribution in [-0.2, 0) is 19.5 Å². The van der Waals surface area contributed by atoms with Gasteiger partial charge in [-0.1, -0.05) is 54.9 Å². The zero-order chi connectivity index (χ0) is 14.8. The number of para-hydroxylation sites is 1. The van der Waals surface area contributed by atoms with Crippen molar-refractivity contribution in [1.29, 1.82) is 0 Å². The average Bonchev–Trinajstić information content (AvgIpc) is 2.90. The molecule has 2 N–H and O–H groups in total. The van der Waals surface area contributed by atoms with E-state index in [0.717, 1.165) is 36.6 Å². The van der Waals surface area contributed by atoms with E-state index < -0.39 is 0 Å². The number of hydrogen-bond donors (Lipinski definition) is 1. The fraction of sp³-hybridized carbons (Fsp3) is 0.333. The molecule has 2 nitrogen and oxygen atoms in total. The molecule has 3 heteroatoms. The van der Waals surface area contributed by atoms with Crippen LogP contribution in [0.5, 0.6) is 0 Å². The van der Waals surface area contributed by atoms with Gasteiger partial charge in [0.1, 0.15) is 0 Å². The maximum Gasteiger partial charge on any atom is 0.0642 e. The lowest BCUT2D eigenvalue weighted by Gasteiger charge is -2.24. The number of rotatable bonds is 4. The molecule has 1 aliphatic heterocycles. The van der Waals surface area contributed by atoms with Crippen LogP contribution in [0.25, 0.3) is 0 Å². The molecule has 110 valence electrons. The second kappa shape index (κ2) is 6.08. The van der Waals surface area contributed by atoms with Gasteiger partial charge in [0.25, 0.3) is 0 Å². The standard InChI is InChI=1S/C18H21ClN2/c1-2-16(20)10-13-8-5-9-17(19)18(13)21-11-14-6-3-4-7-15(14)12-21/h3-9,16H,2,10-12,20H2,1H3. The molecular formula is C18H21ClN2. The van der Waals surface area contributed by atoms with Gasteiger partial charge in [0.15, 0.2) is 0 Å². The highest BCUT2D eigenvalue weighted by Crippen LogP contribution is 2.36. The molecular weight excluding hydrogens is 280 g/mol. The van der Waals surface area contributed by atoms with Crippen LogP contribution in [0.4, 0.5) is 5.69 Å². The largest absolute Gasteiger partial charge is 0.361 e. The highest BCUT2D eigenvalue weighted by molar-refractivity contribution is 6.33. The molecule has 1 atom stereocenters. The van der Waals surface area contributed by atoms with Gasteiger partial charge in [-0.3, -0.25) is 0 Å². The number of nitrogens with zero attached hydrogens (tertiary/aromatic N) is 1. The summed E-state index contributed by atoms with van der Waals surface area (Å²) in [6.07, 6.45) is 1.85.